The van der Waals surface area contributed by atoms with Gasteiger partial charge in [-0.2, -0.15) is 0 Å². The molecule has 2 rings (SSSR count). The highest BCUT2D eigenvalue weighted by Crippen LogP contribution is 2.32. The SMILES string of the molecule is C[S+]([O-])C1C(O)[C@H](CO)O[C@@H]1n1ccc(=O)[nH]c1=O. The normalized spacial score (nSPS) is 32.4. The second kappa shape index (κ2) is 5.47. The molecular weight excluding hydrogens is 276 g/mol. The van der Waals surface area contributed by atoms with Crippen LogP contribution in [0.2, 0.25) is 0 Å². The molecule has 106 valence electrons. The van der Waals surface area contributed by atoms with Gasteiger partial charge in [0.25, 0.3) is 5.56 Å². The highest BCUT2D eigenvalue weighted by Gasteiger charge is 2.50. The number of nitrogens with one attached hydrogen (secondary N) is 1. The largest absolute Gasteiger partial charge is 0.616 e. The van der Waals surface area contributed by atoms with Crippen LogP contribution in [0.25, 0.3) is 0 Å². The number of ether oxygens (including phenoxy) is 1. The van der Waals surface area contributed by atoms with Gasteiger partial charge in [0.15, 0.2) is 11.5 Å². The van der Waals surface area contributed by atoms with E-state index in [0.29, 0.717) is 0 Å². The molecule has 0 aromatic carbocycles. The maximum atomic E-state index is 11.7. The highest BCUT2D eigenvalue weighted by molar-refractivity contribution is 7.91. The Labute approximate surface area is 110 Å². The Kier molecular flexibility index (Phi) is 4.11. The van der Waals surface area contributed by atoms with Crippen LogP contribution in [0, 0.1) is 0 Å². The molecule has 8 nitrogen and oxygen atoms in total. The molecule has 3 N–H and O–H groups in total. The fourth-order valence-corrected chi connectivity index (χ4v) is 3.17. The lowest BCUT2D eigenvalue weighted by Gasteiger charge is -2.22. The summed E-state index contributed by atoms with van der Waals surface area (Å²) in [4.78, 5) is 24.7. The van der Waals surface area contributed by atoms with Crippen molar-refractivity contribution in [3.05, 3.63) is 33.1 Å². The molecule has 0 amide bonds. The number of aromatic amines is 1. The van der Waals surface area contributed by atoms with Crippen molar-refractivity contribution in [2.75, 3.05) is 12.9 Å². The van der Waals surface area contributed by atoms with Crippen molar-refractivity contribution >= 4 is 11.2 Å². The van der Waals surface area contributed by atoms with Crippen molar-refractivity contribution in [1.82, 2.24) is 9.55 Å². The van der Waals surface area contributed by atoms with Crippen LogP contribution in [0.4, 0.5) is 0 Å². The summed E-state index contributed by atoms with van der Waals surface area (Å²) in [6, 6.07) is 1.12. The molecule has 2 heterocycles. The van der Waals surface area contributed by atoms with Gasteiger partial charge in [0.05, 0.1) is 12.9 Å². The van der Waals surface area contributed by atoms with Crippen LogP contribution in [0.5, 0.6) is 0 Å². The van der Waals surface area contributed by atoms with Gasteiger partial charge in [0, 0.05) is 12.3 Å². The molecule has 1 aromatic rings. The van der Waals surface area contributed by atoms with Gasteiger partial charge >= 0.3 is 5.69 Å². The Morgan fingerprint density at radius 3 is 2.79 bits per heavy atom. The average Bonchev–Trinajstić information content (AvgIpc) is 2.66. The van der Waals surface area contributed by atoms with Gasteiger partial charge < -0.3 is 19.5 Å². The lowest BCUT2D eigenvalue weighted by Crippen LogP contribution is -2.41. The fraction of sp³-hybridized carbons (Fsp3) is 0.600. The van der Waals surface area contributed by atoms with E-state index in [1.54, 1.807) is 0 Å². The Bertz CT molecular complexity index is 555. The standard InChI is InChI=1S/C10H14N2O6S/c1-19(17)8-7(15)5(4-13)18-9(8)12-3-2-6(14)11-10(12)16/h2-3,5,7-9,13,15H,4H2,1H3,(H,11,14,16)/t5-,7?,8?,9-,19?/m0/s1. The number of hydrogen-bond acceptors (Lipinski definition) is 6. The van der Waals surface area contributed by atoms with Crippen molar-refractivity contribution < 1.29 is 19.5 Å². The number of rotatable bonds is 3. The van der Waals surface area contributed by atoms with Crippen LogP contribution < -0.4 is 11.2 Å². The molecule has 1 saturated heterocycles. The molecule has 1 aliphatic heterocycles. The summed E-state index contributed by atoms with van der Waals surface area (Å²) >= 11 is -1.48. The van der Waals surface area contributed by atoms with Crippen LogP contribution in [-0.4, -0.2) is 54.6 Å². The van der Waals surface area contributed by atoms with Gasteiger partial charge in [-0.1, -0.05) is 0 Å². The number of aliphatic hydroxyl groups is 2. The Morgan fingerprint density at radius 2 is 2.26 bits per heavy atom. The minimum atomic E-state index is -1.48. The van der Waals surface area contributed by atoms with Crippen LogP contribution in [0.15, 0.2) is 21.9 Å². The van der Waals surface area contributed by atoms with E-state index >= 15 is 0 Å². The molecular formula is C10H14N2O6S. The summed E-state index contributed by atoms with van der Waals surface area (Å²) in [6.07, 6.45) is -0.487. The fourth-order valence-electron chi connectivity index (χ4n) is 2.08. The van der Waals surface area contributed by atoms with E-state index < -0.39 is 52.7 Å². The smallest absolute Gasteiger partial charge is 0.330 e. The van der Waals surface area contributed by atoms with Gasteiger partial charge in [-0.3, -0.25) is 14.3 Å². The highest BCUT2D eigenvalue weighted by atomic mass is 32.2. The molecule has 1 fully saturated rings. The second-order valence-corrected chi connectivity index (χ2v) is 5.76. The van der Waals surface area contributed by atoms with Gasteiger partial charge in [-0.05, 0) is 11.2 Å². The van der Waals surface area contributed by atoms with Crippen LogP contribution in [0.1, 0.15) is 6.23 Å². The van der Waals surface area contributed by atoms with Crippen molar-refractivity contribution in [3.8, 4) is 0 Å². The summed E-state index contributed by atoms with van der Waals surface area (Å²) in [5, 5.41) is 18.2. The van der Waals surface area contributed by atoms with Crippen molar-refractivity contribution in [1.29, 1.82) is 0 Å². The third kappa shape index (κ3) is 2.60. The minimum Gasteiger partial charge on any atom is -0.616 e. The van der Waals surface area contributed by atoms with E-state index in [4.69, 9.17) is 9.84 Å². The molecule has 5 atom stereocenters. The maximum Gasteiger partial charge on any atom is 0.330 e. The molecule has 1 aliphatic rings. The average molecular weight is 290 g/mol. The maximum absolute atomic E-state index is 11.7. The zero-order valence-corrected chi connectivity index (χ0v) is 10.9. The Balaban J connectivity index is 2.42. The summed E-state index contributed by atoms with van der Waals surface area (Å²) in [6.45, 7) is -0.455. The summed E-state index contributed by atoms with van der Waals surface area (Å²) < 4.78 is 18.1. The topological polar surface area (TPSA) is 128 Å². The Hall–Kier alpha value is -1.13. The first kappa shape index (κ1) is 14.3. The molecule has 3 unspecified atom stereocenters. The predicted molar refractivity (Wildman–Crippen MR) is 66.2 cm³/mol. The van der Waals surface area contributed by atoms with E-state index in [1.165, 1.54) is 12.5 Å². The predicted octanol–water partition coefficient (Wildman–Crippen LogP) is -2.47. The molecule has 1 aromatic heterocycles. The lowest BCUT2D eigenvalue weighted by molar-refractivity contribution is -0.0457. The van der Waals surface area contributed by atoms with Crippen LogP contribution in [-0.2, 0) is 15.9 Å². The molecule has 19 heavy (non-hydrogen) atoms. The number of nitrogens with zero attached hydrogens (tertiary/aromatic N) is 1. The Morgan fingerprint density at radius 1 is 1.58 bits per heavy atom. The summed E-state index contributed by atoms with van der Waals surface area (Å²) in [7, 11) is 0. The lowest BCUT2D eigenvalue weighted by atomic mass is 10.2. The quantitative estimate of drug-likeness (QED) is 0.529. The van der Waals surface area contributed by atoms with Crippen molar-refractivity contribution in [2.45, 2.75) is 23.7 Å². The summed E-state index contributed by atoms with van der Waals surface area (Å²) in [5.41, 5.74) is -1.29. The third-order valence-electron chi connectivity index (χ3n) is 3.00. The zero-order chi connectivity index (χ0) is 14.2. The van der Waals surface area contributed by atoms with Crippen molar-refractivity contribution in [3.63, 3.8) is 0 Å². The number of aromatic nitrogens is 2. The van der Waals surface area contributed by atoms with Crippen LogP contribution in [0.3, 0.4) is 0 Å². The zero-order valence-electron chi connectivity index (χ0n) is 10.1. The van der Waals surface area contributed by atoms with E-state index in [9.17, 15) is 19.2 Å². The van der Waals surface area contributed by atoms with Gasteiger partial charge in [-0.15, -0.1) is 0 Å². The van der Waals surface area contributed by atoms with Gasteiger partial charge in [0.1, 0.15) is 12.2 Å². The van der Waals surface area contributed by atoms with Crippen LogP contribution >= 0.6 is 0 Å². The third-order valence-corrected chi connectivity index (χ3v) is 4.28. The first-order valence-electron chi connectivity index (χ1n) is 5.53. The number of aliphatic hydroxyl groups excluding tert-OH is 2. The van der Waals surface area contributed by atoms with E-state index in [2.05, 4.69) is 4.98 Å². The van der Waals surface area contributed by atoms with Gasteiger partial charge in [0.2, 0.25) is 0 Å². The van der Waals surface area contributed by atoms with Gasteiger partial charge in [-0.25, -0.2) is 4.79 Å². The monoisotopic (exact) mass is 290 g/mol. The molecule has 0 aliphatic carbocycles. The van der Waals surface area contributed by atoms with Crippen molar-refractivity contribution in [2.24, 2.45) is 0 Å². The van der Waals surface area contributed by atoms with E-state index in [1.807, 2.05) is 0 Å². The molecule has 0 spiro atoms. The van der Waals surface area contributed by atoms with E-state index in [-0.39, 0.29) is 0 Å². The minimum absolute atomic E-state index is 0.455. The molecule has 0 radical (unpaired) electrons. The molecule has 0 saturated carbocycles. The number of H-pyrrole nitrogens is 1. The summed E-state index contributed by atoms with van der Waals surface area (Å²) in [5.74, 6) is 0. The van der Waals surface area contributed by atoms with E-state index in [0.717, 1.165) is 10.6 Å². The molecule has 0 bridgehead atoms. The molecule has 9 heteroatoms. The number of hydrogen-bond donors (Lipinski definition) is 3. The second-order valence-electron chi connectivity index (χ2n) is 4.22. The first-order valence-corrected chi connectivity index (χ1v) is 7.16. The first-order chi connectivity index (χ1) is 8.95.